The van der Waals surface area contributed by atoms with Crippen molar-refractivity contribution in [3.05, 3.63) is 65.2 Å². The first kappa shape index (κ1) is 27.1. The topological polar surface area (TPSA) is 87.7 Å². The summed E-state index contributed by atoms with van der Waals surface area (Å²) in [4.78, 5) is 40.8. The van der Waals surface area contributed by atoms with Crippen molar-refractivity contribution in [2.45, 2.75) is 77.6 Å². The molecule has 9 heteroatoms. The van der Waals surface area contributed by atoms with E-state index in [9.17, 15) is 23.2 Å². The Hall–Kier alpha value is -3.49. The van der Waals surface area contributed by atoms with Crippen LogP contribution in [0.15, 0.2) is 42.5 Å². The van der Waals surface area contributed by atoms with Gasteiger partial charge in [-0.1, -0.05) is 12.1 Å². The number of amides is 3. The van der Waals surface area contributed by atoms with Crippen molar-refractivity contribution in [3.63, 3.8) is 0 Å². The lowest BCUT2D eigenvalue weighted by molar-refractivity contribution is -0.129. The fourth-order valence-electron chi connectivity index (χ4n) is 4.20. The zero-order valence-electron chi connectivity index (χ0n) is 21.2. The number of carbonyl (C=O) groups is 3. The van der Waals surface area contributed by atoms with E-state index in [1.165, 1.54) is 30.3 Å². The van der Waals surface area contributed by atoms with Gasteiger partial charge in [0.05, 0.1) is 0 Å². The summed E-state index contributed by atoms with van der Waals surface area (Å²) in [5.41, 5.74) is 0.985. The first-order valence-electron chi connectivity index (χ1n) is 12.0. The number of rotatable bonds is 6. The number of ether oxygens (including phenoxy) is 1. The van der Waals surface area contributed by atoms with Crippen molar-refractivity contribution < 1.29 is 27.9 Å². The quantitative estimate of drug-likeness (QED) is 0.619. The first-order chi connectivity index (χ1) is 16.8. The van der Waals surface area contributed by atoms with Crippen LogP contribution in [0.3, 0.4) is 0 Å². The molecule has 2 aromatic rings. The third kappa shape index (κ3) is 7.02. The number of anilines is 1. The van der Waals surface area contributed by atoms with Gasteiger partial charge < -0.3 is 20.3 Å². The van der Waals surface area contributed by atoms with Crippen LogP contribution in [0, 0.1) is 11.6 Å². The molecule has 2 atom stereocenters. The fraction of sp³-hybridized carbons (Fsp3) is 0.444. The second-order valence-corrected chi connectivity index (χ2v) is 10.2. The second-order valence-electron chi connectivity index (χ2n) is 10.2. The van der Waals surface area contributed by atoms with Crippen LogP contribution in [0.2, 0.25) is 0 Å². The van der Waals surface area contributed by atoms with Crippen LogP contribution in [0.25, 0.3) is 0 Å². The van der Waals surface area contributed by atoms with Crippen LogP contribution in [0.1, 0.15) is 52.2 Å². The number of nitrogens with zero attached hydrogens (tertiary/aromatic N) is 1. The van der Waals surface area contributed by atoms with E-state index in [1.54, 1.807) is 37.8 Å². The van der Waals surface area contributed by atoms with Crippen molar-refractivity contribution in [1.29, 1.82) is 0 Å². The standard InChI is InChI=1S/C27H33F2N3O4/c1-16(2)32-23-12-10-20(29)15-18(23)9-11-21(25(32)34)30-24(33)22(31-26(35)36-27(3,4)5)14-17-7-6-8-19(28)13-17/h6-8,10,12-13,15-16,21-22H,9,11,14H2,1-5H3,(H,30,33)(H,31,35)/t21?,22-/m1/s1. The molecule has 3 rings (SSSR count). The second kappa shape index (κ2) is 11.1. The van der Waals surface area contributed by atoms with E-state index in [4.69, 9.17) is 4.74 Å². The molecule has 0 aliphatic carbocycles. The number of halogens is 2. The average Bonchev–Trinajstić information content (AvgIpc) is 2.88. The molecule has 1 unspecified atom stereocenters. The van der Waals surface area contributed by atoms with Crippen molar-refractivity contribution in [2.75, 3.05) is 4.90 Å². The van der Waals surface area contributed by atoms with E-state index in [2.05, 4.69) is 10.6 Å². The smallest absolute Gasteiger partial charge is 0.408 e. The summed E-state index contributed by atoms with van der Waals surface area (Å²) in [6.07, 6.45) is -0.189. The first-order valence-corrected chi connectivity index (χ1v) is 12.0. The predicted octanol–water partition coefficient (Wildman–Crippen LogP) is 4.27. The Labute approximate surface area is 210 Å². The van der Waals surface area contributed by atoms with Crippen LogP contribution in [-0.4, -0.2) is 41.6 Å². The van der Waals surface area contributed by atoms with Gasteiger partial charge in [-0.15, -0.1) is 0 Å². The molecule has 3 amide bonds. The lowest BCUT2D eigenvalue weighted by Gasteiger charge is -2.30. The third-order valence-electron chi connectivity index (χ3n) is 5.71. The summed E-state index contributed by atoms with van der Waals surface area (Å²) < 4.78 is 32.9. The molecule has 0 spiro atoms. The number of hydrogen-bond donors (Lipinski definition) is 2. The van der Waals surface area contributed by atoms with Crippen LogP contribution in [0.4, 0.5) is 19.3 Å². The lowest BCUT2D eigenvalue weighted by atomic mass is 10.0. The van der Waals surface area contributed by atoms with Gasteiger partial charge in [0, 0.05) is 18.2 Å². The molecule has 0 bridgehead atoms. The van der Waals surface area contributed by atoms with Gasteiger partial charge in [0.1, 0.15) is 29.3 Å². The van der Waals surface area contributed by atoms with Crippen molar-refractivity contribution in [1.82, 2.24) is 10.6 Å². The Morgan fingerprint density at radius 2 is 1.81 bits per heavy atom. The van der Waals surface area contributed by atoms with Crippen LogP contribution in [0.5, 0.6) is 0 Å². The van der Waals surface area contributed by atoms with E-state index in [-0.39, 0.29) is 24.8 Å². The average molecular weight is 502 g/mol. The maximum Gasteiger partial charge on any atom is 0.408 e. The fourth-order valence-corrected chi connectivity index (χ4v) is 4.20. The van der Waals surface area contributed by atoms with Crippen LogP contribution in [-0.2, 0) is 27.2 Å². The molecule has 0 fully saturated rings. The van der Waals surface area contributed by atoms with E-state index in [0.717, 1.165) is 0 Å². The molecule has 0 radical (unpaired) electrons. The molecule has 1 heterocycles. The highest BCUT2D eigenvalue weighted by molar-refractivity contribution is 6.01. The number of alkyl carbamates (subject to hydrolysis) is 1. The van der Waals surface area contributed by atoms with Crippen molar-refractivity contribution in [2.24, 2.45) is 0 Å². The molecular formula is C27H33F2N3O4. The number of hydrogen-bond acceptors (Lipinski definition) is 4. The Morgan fingerprint density at radius 1 is 1.11 bits per heavy atom. The Kier molecular flexibility index (Phi) is 8.32. The van der Waals surface area contributed by atoms with Gasteiger partial charge in [-0.2, -0.15) is 0 Å². The summed E-state index contributed by atoms with van der Waals surface area (Å²) in [7, 11) is 0. The molecule has 7 nitrogen and oxygen atoms in total. The lowest BCUT2D eigenvalue weighted by Crippen LogP contribution is -2.56. The largest absolute Gasteiger partial charge is 0.444 e. The molecule has 0 saturated heterocycles. The molecular weight excluding hydrogens is 468 g/mol. The molecule has 1 aliphatic heterocycles. The van der Waals surface area contributed by atoms with Crippen LogP contribution < -0.4 is 15.5 Å². The van der Waals surface area contributed by atoms with Gasteiger partial charge in [-0.25, -0.2) is 13.6 Å². The third-order valence-corrected chi connectivity index (χ3v) is 5.71. The monoisotopic (exact) mass is 501 g/mol. The van der Waals surface area contributed by atoms with Crippen molar-refractivity contribution in [3.8, 4) is 0 Å². The Morgan fingerprint density at radius 3 is 2.44 bits per heavy atom. The molecule has 2 aromatic carbocycles. The number of carbonyl (C=O) groups excluding carboxylic acids is 3. The Balaban J connectivity index is 1.84. The molecule has 0 aromatic heterocycles. The number of fused-ring (bicyclic) bond motifs is 1. The van der Waals surface area contributed by atoms with Gasteiger partial charge in [-0.3, -0.25) is 9.59 Å². The van der Waals surface area contributed by atoms with Gasteiger partial charge in [0.15, 0.2) is 0 Å². The minimum absolute atomic E-state index is 0.0108. The van der Waals surface area contributed by atoms with Gasteiger partial charge >= 0.3 is 6.09 Å². The highest BCUT2D eigenvalue weighted by Gasteiger charge is 2.35. The zero-order valence-corrected chi connectivity index (χ0v) is 21.2. The zero-order chi connectivity index (χ0) is 26.6. The predicted molar refractivity (Wildman–Crippen MR) is 133 cm³/mol. The highest BCUT2D eigenvalue weighted by atomic mass is 19.1. The van der Waals surface area contributed by atoms with E-state index >= 15 is 0 Å². The van der Waals surface area contributed by atoms with E-state index < -0.39 is 41.3 Å². The Bertz CT molecular complexity index is 1130. The van der Waals surface area contributed by atoms with E-state index in [0.29, 0.717) is 23.2 Å². The summed E-state index contributed by atoms with van der Waals surface area (Å²) in [6, 6.07) is 7.74. The normalized spacial score (nSPS) is 16.7. The molecule has 0 saturated carbocycles. The minimum atomic E-state index is -1.12. The summed E-state index contributed by atoms with van der Waals surface area (Å²) in [5.74, 6) is -1.81. The van der Waals surface area contributed by atoms with Gasteiger partial charge in [0.2, 0.25) is 11.8 Å². The maximum absolute atomic E-state index is 13.9. The van der Waals surface area contributed by atoms with Gasteiger partial charge in [-0.05, 0) is 88.9 Å². The number of nitrogens with one attached hydrogen (secondary N) is 2. The number of aryl methyl sites for hydroxylation is 1. The summed E-state index contributed by atoms with van der Waals surface area (Å²) >= 11 is 0. The molecule has 1 aliphatic rings. The van der Waals surface area contributed by atoms with Crippen LogP contribution >= 0.6 is 0 Å². The van der Waals surface area contributed by atoms with E-state index in [1.807, 2.05) is 13.8 Å². The highest BCUT2D eigenvalue weighted by Crippen LogP contribution is 2.29. The maximum atomic E-state index is 13.9. The van der Waals surface area contributed by atoms with Gasteiger partial charge in [0.25, 0.3) is 0 Å². The summed E-state index contributed by atoms with van der Waals surface area (Å²) in [5, 5.41) is 5.31. The SMILES string of the molecule is CC(C)N1C(=O)C(NC(=O)[C@@H](Cc2cccc(F)c2)NC(=O)OC(C)(C)C)CCc2cc(F)ccc21. The molecule has 36 heavy (non-hydrogen) atoms. The minimum Gasteiger partial charge on any atom is -0.444 e. The summed E-state index contributed by atoms with van der Waals surface area (Å²) in [6.45, 7) is 8.76. The molecule has 194 valence electrons. The van der Waals surface area contributed by atoms with Crippen molar-refractivity contribution >= 4 is 23.6 Å². The molecule has 2 N–H and O–H groups in total. The number of benzene rings is 2.